The Labute approximate surface area is 101 Å². The molecule has 0 amide bonds. The predicted octanol–water partition coefficient (Wildman–Crippen LogP) is 3.78. The minimum Gasteiger partial charge on any atom is -0.258 e. The minimum atomic E-state index is -0.431. The summed E-state index contributed by atoms with van der Waals surface area (Å²) >= 11 is 7.46. The van der Waals surface area contributed by atoms with Gasteiger partial charge in [-0.15, -0.1) is 11.3 Å². The van der Waals surface area contributed by atoms with Gasteiger partial charge in [0.25, 0.3) is 5.69 Å². The number of nitro benzene ring substituents is 1. The zero-order chi connectivity index (χ0) is 12.0. The van der Waals surface area contributed by atoms with E-state index in [1.165, 1.54) is 11.3 Å². The number of halogens is 1. The van der Waals surface area contributed by atoms with Crippen LogP contribution in [0.2, 0.25) is 5.02 Å². The van der Waals surface area contributed by atoms with Gasteiger partial charge in [-0.2, -0.15) is 0 Å². The van der Waals surface area contributed by atoms with Crippen molar-refractivity contribution in [2.45, 2.75) is 20.8 Å². The first-order chi connectivity index (χ1) is 7.43. The zero-order valence-corrected chi connectivity index (χ0v) is 10.6. The van der Waals surface area contributed by atoms with Gasteiger partial charge in [-0.3, -0.25) is 10.1 Å². The second-order valence-electron chi connectivity index (χ2n) is 3.58. The zero-order valence-electron chi connectivity index (χ0n) is 9.00. The van der Waals surface area contributed by atoms with Gasteiger partial charge in [-0.05, 0) is 20.8 Å². The van der Waals surface area contributed by atoms with E-state index in [1.54, 1.807) is 13.8 Å². The summed E-state index contributed by atoms with van der Waals surface area (Å²) in [7, 11) is 0. The molecule has 0 fully saturated rings. The highest BCUT2D eigenvalue weighted by Gasteiger charge is 2.24. The van der Waals surface area contributed by atoms with Crippen LogP contribution in [-0.4, -0.2) is 9.91 Å². The molecule has 0 saturated heterocycles. The van der Waals surface area contributed by atoms with Gasteiger partial charge < -0.3 is 0 Å². The number of hydrogen-bond donors (Lipinski definition) is 0. The van der Waals surface area contributed by atoms with Crippen molar-refractivity contribution in [1.29, 1.82) is 0 Å². The third kappa shape index (κ3) is 1.47. The molecule has 1 aromatic heterocycles. The molecule has 0 unspecified atom stereocenters. The van der Waals surface area contributed by atoms with Crippen molar-refractivity contribution in [2.24, 2.45) is 0 Å². The molecule has 2 aromatic rings. The lowest BCUT2D eigenvalue weighted by Crippen LogP contribution is -1.95. The summed E-state index contributed by atoms with van der Waals surface area (Å²) in [5.74, 6) is 0. The van der Waals surface area contributed by atoms with Crippen LogP contribution in [0.5, 0.6) is 0 Å². The lowest BCUT2D eigenvalue weighted by Gasteiger charge is -2.04. The first kappa shape index (κ1) is 11.3. The molecule has 16 heavy (non-hydrogen) atoms. The maximum atomic E-state index is 11.0. The van der Waals surface area contributed by atoms with Gasteiger partial charge in [-0.25, -0.2) is 4.98 Å². The molecule has 0 N–H and O–H groups in total. The van der Waals surface area contributed by atoms with Gasteiger partial charge in [0.2, 0.25) is 0 Å². The normalized spacial score (nSPS) is 11.0. The van der Waals surface area contributed by atoms with Crippen LogP contribution in [0.15, 0.2) is 0 Å². The number of rotatable bonds is 1. The summed E-state index contributed by atoms with van der Waals surface area (Å²) in [6.45, 7) is 5.35. The first-order valence-electron chi connectivity index (χ1n) is 4.63. The van der Waals surface area contributed by atoms with Crippen molar-refractivity contribution in [3.8, 4) is 0 Å². The third-order valence-electron chi connectivity index (χ3n) is 2.50. The summed E-state index contributed by atoms with van der Waals surface area (Å²) < 4.78 is 0.853. The van der Waals surface area contributed by atoms with Crippen molar-refractivity contribution >= 4 is 38.8 Å². The lowest BCUT2D eigenvalue weighted by molar-refractivity contribution is -0.385. The molecule has 0 saturated carbocycles. The number of aromatic nitrogens is 1. The van der Waals surface area contributed by atoms with Crippen LogP contribution in [0.25, 0.3) is 10.2 Å². The van der Waals surface area contributed by atoms with Crippen LogP contribution in [0.4, 0.5) is 5.69 Å². The molecule has 84 valence electrons. The molecule has 6 heteroatoms. The van der Waals surface area contributed by atoms with Crippen LogP contribution in [0.3, 0.4) is 0 Å². The van der Waals surface area contributed by atoms with Crippen LogP contribution in [0.1, 0.15) is 16.1 Å². The molecule has 0 spiro atoms. The largest absolute Gasteiger partial charge is 0.292 e. The molecule has 0 aliphatic rings. The predicted molar refractivity (Wildman–Crippen MR) is 65.5 cm³/mol. The highest BCUT2D eigenvalue weighted by Crippen LogP contribution is 2.40. The topological polar surface area (TPSA) is 56.0 Å². The monoisotopic (exact) mass is 256 g/mol. The van der Waals surface area contributed by atoms with Gasteiger partial charge in [-0.1, -0.05) is 11.6 Å². The van der Waals surface area contributed by atoms with Crippen LogP contribution < -0.4 is 0 Å². The summed E-state index contributed by atoms with van der Waals surface area (Å²) in [5.41, 5.74) is 2.05. The molecule has 1 heterocycles. The fourth-order valence-electron chi connectivity index (χ4n) is 1.71. The number of nitrogens with zero attached hydrogens (tertiary/aromatic N) is 2. The Hall–Kier alpha value is -1.20. The quantitative estimate of drug-likeness (QED) is 0.576. The Morgan fingerprint density at radius 3 is 2.50 bits per heavy atom. The van der Waals surface area contributed by atoms with E-state index in [9.17, 15) is 10.1 Å². The van der Waals surface area contributed by atoms with Gasteiger partial charge in [0, 0.05) is 11.1 Å². The molecule has 0 aliphatic heterocycles. The van der Waals surface area contributed by atoms with E-state index in [-0.39, 0.29) is 10.7 Å². The van der Waals surface area contributed by atoms with Crippen molar-refractivity contribution in [3.63, 3.8) is 0 Å². The minimum absolute atomic E-state index is 0.00434. The first-order valence-corrected chi connectivity index (χ1v) is 5.83. The van der Waals surface area contributed by atoms with Crippen LogP contribution in [-0.2, 0) is 0 Å². The van der Waals surface area contributed by atoms with E-state index in [1.807, 2.05) is 6.92 Å². The smallest absolute Gasteiger partial charge is 0.258 e. The summed E-state index contributed by atoms with van der Waals surface area (Å²) in [5, 5.41) is 12.0. The van der Waals surface area contributed by atoms with Crippen LogP contribution in [0, 0.1) is 30.9 Å². The average Bonchev–Trinajstić information content (AvgIpc) is 2.57. The van der Waals surface area contributed by atoms with Gasteiger partial charge >= 0.3 is 0 Å². The number of benzene rings is 1. The molecule has 0 atom stereocenters. The number of thiazole rings is 1. The summed E-state index contributed by atoms with van der Waals surface area (Å²) in [4.78, 5) is 14.9. The lowest BCUT2D eigenvalue weighted by atomic mass is 10.1. The molecular weight excluding hydrogens is 248 g/mol. The van der Waals surface area contributed by atoms with Crippen LogP contribution >= 0.6 is 22.9 Å². The molecule has 2 rings (SSSR count). The van der Waals surface area contributed by atoms with E-state index >= 15 is 0 Å². The molecular formula is C10H9ClN2O2S. The summed E-state index contributed by atoms with van der Waals surface area (Å²) in [6.07, 6.45) is 0. The van der Waals surface area contributed by atoms with Gasteiger partial charge in [0.15, 0.2) is 0 Å². The number of hydrogen-bond acceptors (Lipinski definition) is 4. The Kier molecular flexibility index (Phi) is 2.59. The van der Waals surface area contributed by atoms with E-state index in [4.69, 9.17) is 11.6 Å². The SMILES string of the molecule is Cc1nc2c(C)c(Cl)c([N+](=O)[O-])c(C)c2s1. The molecule has 1 aromatic carbocycles. The van der Waals surface area contributed by atoms with E-state index in [0.29, 0.717) is 11.1 Å². The fraction of sp³-hybridized carbons (Fsp3) is 0.300. The molecule has 0 radical (unpaired) electrons. The Morgan fingerprint density at radius 2 is 1.94 bits per heavy atom. The van der Waals surface area contributed by atoms with Gasteiger partial charge in [0.1, 0.15) is 5.02 Å². The standard InChI is InChI=1S/C10H9ClN2O2S/c1-4-7(11)9(13(14)15)5(2)10-8(4)12-6(3)16-10/h1-3H3. The third-order valence-corrected chi connectivity index (χ3v) is 4.06. The Balaban J connectivity index is 2.99. The number of fused-ring (bicyclic) bond motifs is 1. The average molecular weight is 257 g/mol. The highest BCUT2D eigenvalue weighted by atomic mass is 35.5. The van der Waals surface area contributed by atoms with Crippen molar-refractivity contribution in [3.05, 3.63) is 31.3 Å². The molecule has 0 aliphatic carbocycles. The van der Waals surface area contributed by atoms with E-state index < -0.39 is 4.92 Å². The maximum Gasteiger partial charge on any atom is 0.292 e. The highest BCUT2D eigenvalue weighted by molar-refractivity contribution is 7.18. The van der Waals surface area contributed by atoms with Crippen molar-refractivity contribution < 1.29 is 4.92 Å². The second kappa shape index (κ2) is 3.68. The number of nitro groups is 1. The van der Waals surface area contributed by atoms with Crippen molar-refractivity contribution in [2.75, 3.05) is 0 Å². The van der Waals surface area contributed by atoms with Gasteiger partial charge in [0.05, 0.1) is 20.1 Å². The fourth-order valence-corrected chi connectivity index (χ4v) is 2.98. The molecule has 0 bridgehead atoms. The van der Waals surface area contributed by atoms with E-state index in [2.05, 4.69) is 4.98 Å². The molecule has 4 nitrogen and oxygen atoms in total. The maximum absolute atomic E-state index is 11.0. The number of aryl methyl sites for hydroxylation is 3. The Bertz CT molecular complexity index is 607. The summed E-state index contributed by atoms with van der Waals surface area (Å²) in [6, 6.07) is 0. The van der Waals surface area contributed by atoms with E-state index in [0.717, 1.165) is 15.2 Å². The Morgan fingerprint density at radius 1 is 1.31 bits per heavy atom. The van der Waals surface area contributed by atoms with Crippen molar-refractivity contribution in [1.82, 2.24) is 4.98 Å². The second-order valence-corrected chi connectivity index (χ2v) is 5.16.